The summed E-state index contributed by atoms with van der Waals surface area (Å²) in [5.74, 6) is 0. The highest BCUT2D eigenvalue weighted by Gasteiger charge is 1.96. The Hall–Kier alpha value is -0.530. The highest BCUT2D eigenvalue weighted by molar-refractivity contribution is 6.17. The fourth-order valence-corrected chi connectivity index (χ4v) is 1.25. The van der Waals surface area contributed by atoms with Gasteiger partial charge in [-0.25, -0.2) is 0 Å². The zero-order valence-electron chi connectivity index (χ0n) is 8.26. The molecule has 0 spiro atoms. The molecule has 0 aromatic heterocycles. The summed E-state index contributed by atoms with van der Waals surface area (Å²) in [6.07, 6.45) is 1.07. The number of aryl methyl sites for hydroxylation is 1. The summed E-state index contributed by atoms with van der Waals surface area (Å²) in [6, 6.07) is 9.26. The van der Waals surface area contributed by atoms with Crippen molar-refractivity contribution in [2.45, 2.75) is 13.3 Å². The maximum atomic E-state index is 5.67. The van der Waals surface area contributed by atoms with Crippen LogP contribution in [0.25, 0.3) is 0 Å². The minimum Gasteiger partial charge on any atom is -0.293 e. The Morgan fingerprint density at radius 2 is 1.85 bits per heavy atom. The Kier molecular flexibility index (Phi) is 4.26. The lowest BCUT2D eigenvalue weighted by Crippen LogP contribution is -2.19. The van der Waals surface area contributed by atoms with E-state index in [1.165, 1.54) is 11.1 Å². The zero-order chi connectivity index (χ0) is 9.68. The number of hydrogen-bond acceptors (Lipinski definition) is 1. The molecular weight excluding hydrogens is 182 g/mol. The molecule has 72 valence electrons. The molecule has 1 rings (SSSR count). The molecule has 0 aliphatic carbocycles. The Morgan fingerprint density at radius 3 is 2.38 bits per heavy atom. The van der Waals surface area contributed by atoms with Crippen molar-refractivity contribution in [1.82, 2.24) is 4.90 Å². The Morgan fingerprint density at radius 1 is 1.23 bits per heavy atom. The lowest BCUT2D eigenvalue weighted by molar-refractivity contribution is 0.394. The summed E-state index contributed by atoms with van der Waals surface area (Å²) in [6.45, 7) is 3.13. The second-order valence-corrected chi connectivity index (χ2v) is 3.67. The first-order valence-electron chi connectivity index (χ1n) is 4.52. The number of rotatable bonds is 4. The Labute approximate surface area is 85.3 Å². The topological polar surface area (TPSA) is 3.24 Å². The van der Waals surface area contributed by atoms with Crippen molar-refractivity contribution in [2.24, 2.45) is 0 Å². The maximum Gasteiger partial charge on any atom is 0.0736 e. The normalized spacial score (nSPS) is 10.8. The van der Waals surface area contributed by atoms with Crippen molar-refractivity contribution in [3.05, 3.63) is 35.4 Å². The molecule has 0 atom stereocenters. The molecule has 0 bridgehead atoms. The van der Waals surface area contributed by atoms with Gasteiger partial charge >= 0.3 is 0 Å². The van der Waals surface area contributed by atoms with E-state index in [1.54, 1.807) is 0 Å². The summed E-state index contributed by atoms with van der Waals surface area (Å²) < 4.78 is 0. The van der Waals surface area contributed by atoms with E-state index in [0.717, 1.165) is 13.0 Å². The van der Waals surface area contributed by atoms with Crippen LogP contribution in [0.4, 0.5) is 0 Å². The van der Waals surface area contributed by atoms with E-state index in [-0.39, 0.29) is 0 Å². The number of nitrogens with zero attached hydrogens (tertiary/aromatic N) is 1. The standard InChI is InChI=1S/C11H16ClN/c1-10-3-5-11(6-4-10)7-8-13(2)9-12/h3-6H,7-9H2,1-2H3. The molecule has 0 saturated heterocycles. The van der Waals surface area contributed by atoms with E-state index in [2.05, 4.69) is 36.1 Å². The third kappa shape index (κ3) is 3.79. The SMILES string of the molecule is Cc1ccc(CCN(C)CCl)cc1. The molecule has 1 nitrogen and oxygen atoms in total. The van der Waals surface area contributed by atoms with Crippen LogP contribution in [0.5, 0.6) is 0 Å². The molecule has 2 heteroatoms. The van der Waals surface area contributed by atoms with Crippen LogP contribution < -0.4 is 0 Å². The lowest BCUT2D eigenvalue weighted by Gasteiger charge is -2.11. The van der Waals surface area contributed by atoms with Crippen LogP contribution in [0.2, 0.25) is 0 Å². The van der Waals surface area contributed by atoms with Gasteiger partial charge < -0.3 is 0 Å². The minimum atomic E-state index is 0.603. The Balaban J connectivity index is 2.41. The summed E-state index contributed by atoms with van der Waals surface area (Å²) in [5, 5.41) is 0. The first-order valence-corrected chi connectivity index (χ1v) is 5.06. The minimum absolute atomic E-state index is 0.603. The molecule has 0 amide bonds. The highest BCUT2D eigenvalue weighted by atomic mass is 35.5. The van der Waals surface area contributed by atoms with Crippen LogP contribution in [0.3, 0.4) is 0 Å². The molecule has 0 aliphatic heterocycles. The molecular formula is C11H16ClN. The molecule has 1 aromatic rings. The van der Waals surface area contributed by atoms with Crippen LogP contribution >= 0.6 is 11.6 Å². The van der Waals surface area contributed by atoms with Gasteiger partial charge in [-0.1, -0.05) is 29.8 Å². The third-order valence-corrected chi connectivity index (χ3v) is 2.51. The van der Waals surface area contributed by atoms with Crippen LogP contribution in [0, 0.1) is 6.92 Å². The lowest BCUT2D eigenvalue weighted by atomic mass is 10.1. The van der Waals surface area contributed by atoms with E-state index in [9.17, 15) is 0 Å². The predicted octanol–water partition coefficient (Wildman–Crippen LogP) is 2.67. The predicted molar refractivity (Wildman–Crippen MR) is 58.2 cm³/mol. The molecule has 0 radical (unpaired) electrons. The average molecular weight is 198 g/mol. The monoisotopic (exact) mass is 197 g/mol. The van der Waals surface area contributed by atoms with Crippen LogP contribution in [-0.2, 0) is 6.42 Å². The molecule has 13 heavy (non-hydrogen) atoms. The summed E-state index contributed by atoms with van der Waals surface area (Å²) in [7, 11) is 2.03. The molecule has 0 aliphatic rings. The maximum absolute atomic E-state index is 5.67. The van der Waals surface area contributed by atoms with Gasteiger partial charge in [0, 0.05) is 6.54 Å². The van der Waals surface area contributed by atoms with E-state index in [1.807, 2.05) is 7.05 Å². The van der Waals surface area contributed by atoms with Crippen molar-refractivity contribution in [3.63, 3.8) is 0 Å². The quantitative estimate of drug-likeness (QED) is 0.530. The van der Waals surface area contributed by atoms with Gasteiger partial charge in [-0.15, -0.1) is 11.6 Å². The van der Waals surface area contributed by atoms with Crippen LogP contribution in [0.15, 0.2) is 24.3 Å². The second-order valence-electron chi connectivity index (χ2n) is 3.43. The highest BCUT2D eigenvalue weighted by Crippen LogP contribution is 2.04. The van der Waals surface area contributed by atoms with E-state index >= 15 is 0 Å². The van der Waals surface area contributed by atoms with Crippen LogP contribution in [0.1, 0.15) is 11.1 Å². The van der Waals surface area contributed by atoms with Gasteiger partial charge in [-0.05, 0) is 26.0 Å². The van der Waals surface area contributed by atoms with Crippen molar-refractivity contribution in [2.75, 3.05) is 19.6 Å². The van der Waals surface area contributed by atoms with Gasteiger partial charge in [-0.2, -0.15) is 0 Å². The Bertz CT molecular complexity index is 243. The number of alkyl halides is 1. The van der Waals surface area contributed by atoms with Crippen molar-refractivity contribution >= 4 is 11.6 Å². The first kappa shape index (κ1) is 10.6. The summed E-state index contributed by atoms with van der Waals surface area (Å²) in [4.78, 5) is 2.10. The molecule has 0 N–H and O–H groups in total. The number of halogens is 1. The molecule has 0 unspecified atom stereocenters. The van der Waals surface area contributed by atoms with Gasteiger partial charge in [0.05, 0.1) is 6.00 Å². The zero-order valence-corrected chi connectivity index (χ0v) is 9.01. The number of benzene rings is 1. The molecule has 0 fully saturated rings. The number of hydrogen-bond donors (Lipinski definition) is 0. The smallest absolute Gasteiger partial charge is 0.0736 e. The second kappa shape index (κ2) is 5.25. The largest absolute Gasteiger partial charge is 0.293 e. The molecule has 0 saturated carbocycles. The average Bonchev–Trinajstić information content (AvgIpc) is 2.16. The van der Waals surface area contributed by atoms with Gasteiger partial charge in [0.25, 0.3) is 0 Å². The van der Waals surface area contributed by atoms with E-state index in [0.29, 0.717) is 6.00 Å². The third-order valence-electron chi connectivity index (χ3n) is 2.11. The van der Waals surface area contributed by atoms with Gasteiger partial charge in [-0.3, -0.25) is 4.90 Å². The van der Waals surface area contributed by atoms with E-state index < -0.39 is 0 Å². The summed E-state index contributed by atoms with van der Waals surface area (Å²) >= 11 is 5.67. The fraction of sp³-hybridized carbons (Fsp3) is 0.455. The van der Waals surface area contributed by atoms with Crippen LogP contribution in [-0.4, -0.2) is 24.5 Å². The van der Waals surface area contributed by atoms with Gasteiger partial charge in [0.15, 0.2) is 0 Å². The molecule has 1 aromatic carbocycles. The van der Waals surface area contributed by atoms with Gasteiger partial charge in [0.2, 0.25) is 0 Å². The van der Waals surface area contributed by atoms with Gasteiger partial charge in [0.1, 0.15) is 0 Å². The van der Waals surface area contributed by atoms with E-state index in [4.69, 9.17) is 11.6 Å². The summed E-state index contributed by atoms with van der Waals surface area (Å²) in [5.41, 5.74) is 2.69. The van der Waals surface area contributed by atoms with Crippen molar-refractivity contribution < 1.29 is 0 Å². The van der Waals surface area contributed by atoms with Crippen molar-refractivity contribution in [3.8, 4) is 0 Å². The fourth-order valence-electron chi connectivity index (χ4n) is 1.13. The van der Waals surface area contributed by atoms with Crippen molar-refractivity contribution in [1.29, 1.82) is 0 Å². The number of likely N-dealkylation sites (N-methyl/N-ethyl adjacent to an activating group) is 1. The molecule has 0 heterocycles. The first-order chi connectivity index (χ1) is 6.22.